The molecule has 3 aromatic rings. The summed E-state index contributed by atoms with van der Waals surface area (Å²) in [5.41, 5.74) is 2.26. The monoisotopic (exact) mass is 398 g/mol. The van der Waals surface area contributed by atoms with E-state index in [1.54, 1.807) is 6.20 Å². The molecule has 4 heterocycles. The number of urea groups is 1. The van der Waals surface area contributed by atoms with Crippen LogP contribution in [0.4, 0.5) is 19.3 Å². The Labute approximate surface area is 165 Å². The van der Waals surface area contributed by atoms with E-state index in [1.165, 1.54) is 27.8 Å². The number of anilines is 1. The molecule has 2 fully saturated rings. The predicted molar refractivity (Wildman–Crippen MR) is 104 cm³/mol. The Balaban J connectivity index is 1.42. The Hall–Kier alpha value is -3.07. The van der Waals surface area contributed by atoms with Gasteiger partial charge in [0.05, 0.1) is 13.1 Å². The fraction of sp³-hybridized carbons (Fsp3) is 0.350. The van der Waals surface area contributed by atoms with Crippen LogP contribution in [0, 0.1) is 5.82 Å². The Kier molecular flexibility index (Phi) is 4.20. The smallest absolute Gasteiger partial charge is 0.319 e. The topological polar surface area (TPSA) is 66.3 Å². The standard InChI is InChI=1S/C20H20F2N6O/c1-26-5-4-17(26)12-6-13-9-28(25-19(13)23-8-12)18-7-15(2-3-16(18)22)24-20(29)27-10-14(21)11-27/h2-3,6-9,14,17H,4-5,10-11H2,1H3,(H,24,29). The third-order valence-corrected chi connectivity index (χ3v) is 5.62. The summed E-state index contributed by atoms with van der Waals surface area (Å²) in [6.07, 6.45) is 3.67. The molecule has 7 nitrogen and oxygen atoms in total. The zero-order valence-corrected chi connectivity index (χ0v) is 15.8. The molecule has 2 aliphatic heterocycles. The van der Waals surface area contributed by atoms with Gasteiger partial charge < -0.3 is 10.2 Å². The number of fused-ring (bicyclic) bond motifs is 1. The first-order valence-corrected chi connectivity index (χ1v) is 9.53. The van der Waals surface area contributed by atoms with Crippen LogP contribution in [0.5, 0.6) is 0 Å². The maximum absolute atomic E-state index is 14.5. The van der Waals surface area contributed by atoms with Gasteiger partial charge in [-0.2, -0.15) is 0 Å². The van der Waals surface area contributed by atoms with Gasteiger partial charge in [-0.3, -0.25) is 4.90 Å². The highest BCUT2D eigenvalue weighted by Crippen LogP contribution is 2.32. The first kappa shape index (κ1) is 18.0. The van der Waals surface area contributed by atoms with E-state index in [0.29, 0.717) is 17.4 Å². The summed E-state index contributed by atoms with van der Waals surface area (Å²) >= 11 is 0. The number of rotatable bonds is 3. The van der Waals surface area contributed by atoms with Gasteiger partial charge in [-0.15, -0.1) is 5.10 Å². The highest BCUT2D eigenvalue weighted by molar-refractivity contribution is 5.90. The van der Waals surface area contributed by atoms with Crippen LogP contribution in [-0.4, -0.2) is 63.4 Å². The summed E-state index contributed by atoms with van der Waals surface area (Å²) < 4.78 is 28.8. The van der Waals surface area contributed by atoms with Crippen molar-refractivity contribution in [3.63, 3.8) is 0 Å². The number of carbonyl (C=O) groups excluding carboxylic acids is 1. The molecule has 1 unspecified atom stereocenters. The fourth-order valence-corrected chi connectivity index (χ4v) is 3.74. The molecular weight excluding hydrogens is 378 g/mol. The molecule has 150 valence electrons. The quantitative estimate of drug-likeness (QED) is 0.736. The first-order chi connectivity index (χ1) is 14.0. The third kappa shape index (κ3) is 3.21. The molecule has 2 saturated heterocycles. The summed E-state index contributed by atoms with van der Waals surface area (Å²) in [4.78, 5) is 20.1. The van der Waals surface area contributed by atoms with Crippen molar-refractivity contribution in [1.29, 1.82) is 0 Å². The third-order valence-electron chi connectivity index (χ3n) is 5.62. The van der Waals surface area contributed by atoms with E-state index in [4.69, 9.17) is 0 Å². The molecule has 2 aromatic heterocycles. The lowest BCUT2D eigenvalue weighted by atomic mass is 9.97. The second kappa shape index (κ2) is 6.77. The minimum atomic E-state index is -0.974. The van der Waals surface area contributed by atoms with Gasteiger partial charge in [0.15, 0.2) is 5.65 Å². The van der Waals surface area contributed by atoms with Gasteiger partial charge in [-0.05, 0) is 43.3 Å². The summed E-state index contributed by atoms with van der Waals surface area (Å²) in [6.45, 7) is 1.22. The van der Waals surface area contributed by atoms with Crippen molar-refractivity contribution in [1.82, 2.24) is 24.6 Å². The van der Waals surface area contributed by atoms with Crippen molar-refractivity contribution < 1.29 is 13.6 Å². The number of halogens is 2. The highest BCUT2D eigenvalue weighted by atomic mass is 19.1. The van der Waals surface area contributed by atoms with Gasteiger partial charge in [0, 0.05) is 36.1 Å². The van der Waals surface area contributed by atoms with Gasteiger partial charge >= 0.3 is 6.03 Å². The normalized spacial score (nSPS) is 19.8. The van der Waals surface area contributed by atoms with Gasteiger partial charge in [0.1, 0.15) is 17.7 Å². The molecule has 0 bridgehead atoms. The maximum atomic E-state index is 14.5. The van der Waals surface area contributed by atoms with Crippen LogP contribution in [0.15, 0.2) is 36.7 Å². The molecule has 9 heteroatoms. The summed E-state index contributed by atoms with van der Waals surface area (Å²) in [5.74, 6) is -0.470. The number of nitrogens with one attached hydrogen (secondary N) is 1. The van der Waals surface area contributed by atoms with Crippen LogP contribution in [0.2, 0.25) is 0 Å². The van der Waals surface area contributed by atoms with Gasteiger partial charge in [0.2, 0.25) is 0 Å². The number of aromatic nitrogens is 3. The molecule has 0 spiro atoms. The average molecular weight is 398 g/mol. The molecule has 29 heavy (non-hydrogen) atoms. The van der Waals surface area contributed by atoms with Crippen molar-refractivity contribution in [2.75, 3.05) is 32.0 Å². The molecule has 0 aliphatic carbocycles. The average Bonchev–Trinajstić information content (AvgIpc) is 3.08. The number of nitrogens with zero attached hydrogens (tertiary/aromatic N) is 5. The van der Waals surface area contributed by atoms with E-state index in [0.717, 1.165) is 23.9 Å². The maximum Gasteiger partial charge on any atom is 0.322 e. The molecule has 2 amide bonds. The van der Waals surface area contributed by atoms with Crippen LogP contribution in [0.3, 0.4) is 0 Å². The van der Waals surface area contributed by atoms with E-state index in [-0.39, 0.29) is 18.8 Å². The number of hydrogen-bond acceptors (Lipinski definition) is 4. The highest BCUT2D eigenvalue weighted by Gasteiger charge is 2.30. The molecule has 0 radical (unpaired) electrons. The zero-order valence-electron chi connectivity index (χ0n) is 15.8. The number of likely N-dealkylation sites (tertiary alicyclic amines) is 2. The largest absolute Gasteiger partial charge is 0.322 e. The molecular formula is C20H20F2N6O. The Bertz CT molecular complexity index is 1090. The van der Waals surface area contributed by atoms with E-state index in [2.05, 4.69) is 27.3 Å². The Morgan fingerprint density at radius 1 is 1.28 bits per heavy atom. The van der Waals surface area contributed by atoms with Gasteiger partial charge in [-0.1, -0.05) is 0 Å². The van der Waals surface area contributed by atoms with Crippen molar-refractivity contribution in [2.24, 2.45) is 0 Å². The minimum Gasteiger partial charge on any atom is -0.319 e. The van der Waals surface area contributed by atoms with Crippen LogP contribution < -0.4 is 5.32 Å². The molecule has 5 rings (SSSR count). The van der Waals surface area contributed by atoms with Crippen molar-refractivity contribution >= 4 is 22.8 Å². The lowest BCUT2D eigenvalue weighted by Crippen LogP contribution is -2.53. The SMILES string of the molecule is CN1CCC1c1cnc2nn(-c3cc(NC(=O)N4CC(F)C4)ccc3F)cc2c1. The minimum absolute atomic E-state index is 0.0780. The van der Waals surface area contributed by atoms with E-state index < -0.39 is 18.0 Å². The number of alkyl halides is 1. The molecule has 0 saturated carbocycles. The molecule has 1 aromatic carbocycles. The lowest BCUT2D eigenvalue weighted by molar-refractivity contribution is 0.0974. The zero-order chi connectivity index (χ0) is 20.1. The molecule has 1 atom stereocenters. The molecule has 2 aliphatic rings. The van der Waals surface area contributed by atoms with Gasteiger partial charge in [0.25, 0.3) is 0 Å². The van der Waals surface area contributed by atoms with Crippen LogP contribution in [-0.2, 0) is 0 Å². The van der Waals surface area contributed by atoms with E-state index >= 15 is 0 Å². The Morgan fingerprint density at radius 3 is 2.79 bits per heavy atom. The Morgan fingerprint density at radius 2 is 2.10 bits per heavy atom. The number of carbonyl (C=O) groups is 1. The van der Waals surface area contributed by atoms with Crippen LogP contribution >= 0.6 is 0 Å². The van der Waals surface area contributed by atoms with Crippen molar-refractivity contribution in [3.8, 4) is 5.69 Å². The molecule has 1 N–H and O–H groups in total. The van der Waals surface area contributed by atoms with E-state index in [1.807, 2.05) is 12.3 Å². The number of hydrogen-bond donors (Lipinski definition) is 1. The number of pyridine rings is 1. The van der Waals surface area contributed by atoms with Crippen LogP contribution in [0.25, 0.3) is 16.7 Å². The fourth-order valence-electron chi connectivity index (χ4n) is 3.74. The predicted octanol–water partition coefficient (Wildman–Crippen LogP) is 3.12. The van der Waals surface area contributed by atoms with Crippen molar-refractivity contribution in [3.05, 3.63) is 48.0 Å². The number of benzene rings is 1. The number of amides is 2. The summed E-state index contributed by atoms with van der Waals surface area (Å²) in [5, 5.41) is 7.88. The second-order valence-electron chi connectivity index (χ2n) is 7.64. The second-order valence-corrected chi connectivity index (χ2v) is 7.64. The lowest BCUT2D eigenvalue weighted by Gasteiger charge is -2.37. The van der Waals surface area contributed by atoms with Crippen molar-refractivity contribution in [2.45, 2.75) is 18.6 Å². The van der Waals surface area contributed by atoms with Crippen LogP contribution in [0.1, 0.15) is 18.0 Å². The first-order valence-electron chi connectivity index (χ1n) is 9.53. The summed E-state index contributed by atoms with van der Waals surface area (Å²) in [6, 6.07) is 6.23. The van der Waals surface area contributed by atoms with Gasteiger partial charge in [-0.25, -0.2) is 23.2 Å². The van der Waals surface area contributed by atoms with E-state index in [9.17, 15) is 13.6 Å². The summed E-state index contributed by atoms with van der Waals surface area (Å²) in [7, 11) is 2.07.